The molecule has 1 saturated heterocycles. The molecule has 2 aliphatic rings. The van der Waals surface area contributed by atoms with E-state index in [0.717, 1.165) is 25.7 Å². The van der Waals surface area contributed by atoms with Crippen LogP contribution in [-0.4, -0.2) is 39.1 Å². The summed E-state index contributed by atoms with van der Waals surface area (Å²) in [4.78, 5) is 0. The van der Waals surface area contributed by atoms with Gasteiger partial charge in [0, 0.05) is 0 Å². The van der Waals surface area contributed by atoms with Crippen LogP contribution in [0.15, 0.2) is 0 Å². The van der Waals surface area contributed by atoms with E-state index in [2.05, 4.69) is 0 Å². The zero-order valence-electron chi connectivity index (χ0n) is 9.35. The molecule has 2 N–H and O–H groups in total. The summed E-state index contributed by atoms with van der Waals surface area (Å²) in [6, 6.07) is 0. The maximum atomic E-state index is 11.0. The van der Waals surface area contributed by atoms with E-state index < -0.39 is 16.1 Å². The highest BCUT2D eigenvalue weighted by atomic mass is 32.2. The lowest BCUT2D eigenvalue weighted by Crippen LogP contribution is -2.51. The van der Waals surface area contributed by atoms with Crippen molar-refractivity contribution in [2.45, 2.75) is 43.8 Å². The van der Waals surface area contributed by atoms with Crippen molar-refractivity contribution in [3.05, 3.63) is 0 Å². The van der Waals surface area contributed by atoms with Crippen LogP contribution in [0.2, 0.25) is 0 Å². The summed E-state index contributed by atoms with van der Waals surface area (Å²) < 4.78 is 33.4. The molecule has 1 aliphatic carbocycles. The fourth-order valence-electron chi connectivity index (χ4n) is 2.60. The summed E-state index contributed by atoms with van der Waals surface area (Å²) in [5.74, 6) is -0.144. The SMILES string of the molecule is NS(=O)(=O)CC1COCC2(CCCCC2)O1. The van der Waals surface area contributed by atoms with E-state index in [4.69, 9.17) is 14.6 Å². The molecule has 0 amide bonds. The normalized spacial score (nSPS) is 30.4. The molecular formula is C10H19NO4S. The molecule has 1 aliphatic heterocycles. The van der Waals surface area contributed by atoms with Crippen LogP contribution < -0.4 is 5.14 Å². The van der Waals surface area contributed by atoms with Crippen LogP contribution in [0.1, 0.15) is 32.1 Å². The Balaban J connectivity index is 1.98. The topological polar surface area (TPSA) is 78.6 Å². The van der Waals surface area contributed by atoms with Gasteiger partial charge in [0.2, 0.25) is 10.0 Å². The number of sulfonamides is 1. The predicted octanol–water partition coefficient (Wildman–Crippen LogP) is 0.393. The van der Waals surface area contributed by atoms with Crippen LogP contribution in [0.25, 0.3) is 0 Å². The maximum absolute atomic E-state index is 11.0. The van der Waals surface area contributed by atoms with E-state index in [0.29, 0.717) is 13.2 Å². The van der Waals surface area contributed by atoms with Gasteiger partial charge in [0.15, 0.2) is 0 Å². The van der Waals surface area contributed by atoms with Crippen molar-refractivity contribution >= 4 is 10.0 Å². The lowest BCUT2D eigenvalue weighted by molar-refractivity contribution is -0.203. The van der Waals surface area contributed by atoms with Gasteiger partial charge in [-0.25, -0.2) is 13.6 Å². The van der Waals surface area contributed by atoms with E-state index in [-0.39, 0.29) is 11.4 Å². The van der Waals surface area contributed by atoms with Crippen LogP contribution in [-0.2, 0) is 19.5 Å². The molecule has 1 spiro atoms. The summed E-state index contributed by atoms with van der Waals surface area (Å²) in [5.41, 5.74) is -0.244. The summed E-state index contributed by atoms with van der Waals surface area (Å²) >= 11 is 0. The van der Waals surface area contributed by atoms with Crippen LogP contribution >= 0.6 is 0 Å². The third-order valence-corrected chi connectivity index (χ3v) is 4.10. The van der Waals surface area contributed by atoms with Gasteiger partial charge in [0.05, 0.1) is 30.7 Å². The minimum absolute atomic E-state index is 0.144. The smallest absolute Gasteiger partial charge is 0.211 e. The highest BCUT2D eigenvalue weighted by molar-refractivity contribution is 7.89. The molecule has 2 fully saturated rings. The number of nitrogens with two attached hydrogens (primary N) is 1. The Morgan fingerprint density at radius 3 is 2.56 bits per heavy atom. The van der Waals surface area contributed by atoms with Gasteiger partial charge >= 0.3 is 0 Å². The first-order valence-electron chi connectivity index (χ1n) is 5.75. The third kappa shape index (κ3) is 3.16. The minimum Gasteiger partial charge on any atom is -0.376 e. The zero-order chi connectivity index (χ0) is 11.6. The average molecular weight is 249 g/mol. The molecule has 0 bridgehead atoms. The average Bonchev–Trinajstić information content (AvgIpc) is 2.16. The van der Waals surface area contributed by atoms with Gasteiger partial charge < -0.3 is 9.47 Å². The monoisotopic (exact) mass is 249 g/mol. The van der Waals surface area contributed by atoms with Crippen molar-refractivity contribution in [2.24, 2.45) is 5.14 Å². The van der Waals surface area contributed by atoms with Crippen molar-refractivity contribution < 1.29 is 17.9 Å². The van der Waals surface area contributed by atoms with Crippen molar-refractivity contribution in [2.75, 3.05) is 19.0 Å². The number of hydrogen-bond donors (Lipinski definition) is 1. The van der Waals surface area contributed by atoms with E-state index in [1.807, 2.05) is 0 Å². The van der Waals surface area contributed by atoms with Gasteiger partial charge in [0.1, 0.15) is 0 Å². The summed E-state index contributed by atoms with van der Waals surface area (Å²) in [6.45, 7) is 0.923. The number of primary sulfonamides is 1. The van der Waals surface area contributed by atoms with Crippen molar-refractivity contribution in [3.8, 4) is 0 Å². The Labute approximate surface area is 96.3 Å². The first-order valence-corrected chi connectivity index (χ1v) is 7.47. The molecule has 16 heavy (non-hydrogen) atoms. The summed E-state index contributed by atoms with van der Waals surface area (Å²) in [5, 5.41) is 5.02. The number of ether oxygens (including phenoxy) is 2. The Morgan fingerprint density at radius 2 is 1.94 bits per heavy atom. The zero-order valence-corrected chi connectivity index (χ0v) is 10.2. The molecule has 1 unspecified atom stereocenters. The van der Waals surface area contributed by atoms with E-state index >= 15 is 0 Å². The second-order valence-electron chi connectivity index (χ2n) is 4.83. The Morgan fingerprint density at radius 1 is 1.25 bits per heavy atom. The molecule has 1 atom stereocenters. The Hall–Kier alpha value is -0.170. The second kappa shape index (κ2) is 4.60. The van der Waals surface area contributed by atoms with Crippen LogP contribution in [0.5, 0.6) is 0 Å². The van der Waals surface area contributed by atoms with Gasteiger partial charge in [-0.1, -0.05) is 19.3 Å². The molecule has 2 rings (SSSR count). The first-order chi connectivity index (χ1) is 7.49. The van der Waals surface area contributed by atoms with Crippen LogP contribution in [0, 0.1) is 0 Å². The van der Waals surface area contributed by atoms with E-state index in [1.165, 1.54) is 6.42 Å². The molecule has 0 radical (unpaired) electrons. The minimum atomic E-state index is -3.48. The maximum Gasteiger partial charge on any atom is 0.211 e. The Kier molecular flexibility index (Phi) is 3.53. The number of hydrogen-bond acceptors (Lipinski definition) is 4. The van der Waals surface area contributed by atoms with Crippen molar-refractivity contribution in [1.82, 2.24) is 0 Å². The van der Waals surface area contributed by atoms with E-state index in [9.17, 15) is 8.42 Å². The largest absolute Gasteiger partial charge is 0.376 e. The molecule has 94 valence electrons. The van der Waals surface area contributed by atoms with E-state index in [1.54, 1.807) is 0 Å². The molecule has 0 aromatic carbocycles. The molecule has 0 aromatic rings. The summed E-state index contributed by atoms with van der Waals surface area (Å²) in [6.07, 6.45) is 5.02. The molecule has 0 aromatic heterocycles. The lowest BCUT2D eigenvalue weighted by atomic mass is 9.84. The van der Waals surface area contributed by atoms with Gasteiger partial charge in [-0.3, -0.25) is 0 Å². The fraction of sp³-hybridized carbons (Fsp3) is 1.00. The molecule has 5 nitrogen and oxygen atoms in total. The van der Waals surface area contributed by atoms with Gasteiger partial charge in [-0.15, -0.1) is 0 Å². The van der Waals surface area contributed by atoms with Gasteiger partial charge in [-0.2, -0.15) is 0 Å². The third-order valence-electron chi connectivity index (χ3n) is 3.27. The summed E-state index contributed by atoms with van der Waals surface area (Å²) in [7, 11) is -3.48. The highest BCUT2D eigenvalue weighted by Crippen LogP contribution is 2.35. The second-order valence-corrected chi connectivity index (χ2v) is 6.49. The predicted molar refractivity (Wildman–Crippen MR) is 59.5 cm³/mol. The van der Waals surface area contributed by atoms with Crippen LogP contribution in [0.3, 0.4) is 0 Å². The molecule has 6 heteroatoms. The lowest BCUT2D eigenvalue weighted by Gasteiger charge is -2.43. The van der Waals surface area contributed by atoms with Gasteiger partial charge in [0.25, 0.3) is 0 Å². The Bertz CT molecular complexity index is 329. The fourth-order valence-corrected chi connectivity index (χ4v) is 3.28. The molecular weight excluding hydrogens is 230 g/mol. The van der Waals surface area contributed by atoms with Crippen LogP contribution in [0.4, 0.5) is 0 Å². The van der Waals surface area contributed by atoms with Gasteiger partial charge in [-0.05, 0) is 12.8 Å². The molecule has 1 saturated carbocycles. The molecule has 1 heterocycles. The van der Waals surface area contributed by atoms with Crippen molar-refractivity contribution in [1.29, 1.82) is 0 Å². The highest BCUT2D eigenvalue weighted by Gasteiger charge is 2.39. The number of rotatable bonds is 2. The van der Waals surface area contributed by atoms with Crippen molar-refractivity contribution in [3.63, 3.8) is 0 Å². The quantitative estimate of drug-likeness (QED) is 0.768. The first kappa shape index (κ1) is 12.3. The standard InChI is InChI=1S/C10H19NO4S/c11-16(12,13)7-9-6-14-8-10(15-9)4-2-1-3-5-10/h9H,1-8H2,(H2,11,12,13).